The largest absolute Gasteiger partial charge is 0.319 e. The summed E-state index contributed by atoms with van der Waals surface area (Å²) in [6, 6.07) is 8.63. The van der Waals surface area contributed by atoms with E-state index in [2.05, 4.69) is 39.8 Å². The predicted molar refractivity (Wildman–Crippen MR) is 76.3 cm³/mol. The second kappa shape index (κ2) is 5.38. The van der Waals surface area contributed by atoms with Crippen molar-refractivity contribution >= 4 is 23.1 Å². The molecule has 3 rings (SSSR count). The summed E-state index contributed by atoms with van der Waals surface area (Å²) in [5.41, 5.74) is 1.44. The molecule has 2 heterocycles. The van der Waals surface area contributed by atoms with Crippen molar-refractivity contribution < 1.29 is 0 Å². The Morgan fingerprint density at radius 3 is 3.06 bits per heavy atom. The van der Waals surface area contributed by atoms with Gasteiger partial charge >= 0.3 is 0 Å². The molecular formula is C13H15N3S2. The molecular weight excluding hydrogens is 262 g/mol. The van der Waals surface area contributed by atoms with Crippen LogP contribution in [0, 0.1) is 0 Å². The van der Waals surface area contributed by atoms with Crippen molar-refractivity contribution in [2.45, 2.75) is 23.0 Å². The monoisotopic (exact) mass is 277 g/mol. The molecule has 1 atom stereocenters. The van der Waals surface area contributed by atoms with E-state index in [0.717, 1.165) is 24.4 Å². The van der Waals surface area contributed by atoms with Crippen LogP contribution >= 0.6 is 23.1 Å². The van der Waals surface area contributed by atoms with Gasteiger partial charge in [0, 0.05) is 17.9 Å². The van der Waals surface area contributed by atoms with Crippen molar-refractivity contribution in [3.63, 3.8) is 0 Å². The van der Waals surface area contributed by atoms with E-state index in [1.54, 1.807) is 11.3 Å². The topological polar surface area (TPSA) is 37.8 Å². The predicted octanol–water partition coefficient (Wildman–Crippen LogP) is 2.69. The maximum atomic E-state index is 4.35. The van der Waals surface area contributed by atoms with Crippen molar-refractivity contribution in [2.75, 3.05) is 13.6 Å². The van der Waals surface area contributed by atoms with Crippen LogP contribution in [-0.4, -0.2) is 23.8 Å². The van der Waals surface area contributed by atoms with Crippen LogP contribution in [0.2, 0.25) is 0 Å². The Morgan fingerprint density at radius 1 is 1.33 bits per heavy atom. The van der Waals surface area contributed by atoms with Gasteiger partial charge in [0.1, 0.15) is 10.0 Å². The van der Waals surface area contributed by atoms with Gasteiger partial charge in [0.05, 0.1) is 5.25 Å². The summed E-state index contributed by atoms with van der Waals surface area (Å²) >= 11 is 3.68. The number of nitrogens with zero attached hydrogens (tertiary/aromatic N) is 2. The molecule has 0 bridgehead atoms. The van der Waals surface area contributed by atoms with Crippen molar-refractivity contribution in [3.05, 3.63) is 39.8 Å². The van der Waals surface area contributed by atoms with Crippen LogP contribution < -0.4 is 5.32 Å². The fourth-order valence-corrected chi connectivity index (χ4v) is 4.34. The molecule has 1 aliphatic heterocycles. The number of nitrogens with one attached hydrogen (secondary N) is 1. The normalized spacial score (nSPS) is 17.9. The van der Waals surface area contributed by atoms with E-state index >= 15 is 0 Å². The summed E-state index contributed by atoms with van der Waals surface area (Å²) in [7, 11) is 1.96. The van der Waals surface area contributed by atoms with Crippen molar-refractivity contribution in [1.82, 2.24) is 15.5 Å². The lowest BCUT2D eigenvalue weighted by atomic mass is 10.1. The number of fused-ring (bicyclic) bond motifs is 1. The van der Waals surface area contributed by atoms with Crippen LogP contribution in [0.4, 0.5) is 0 Å². The molecule has 0 aliphatic carbocycles. The Bertz CT molecular complexity index is 514. The minimum absolute atomic E-state index is 0.461. The van der Waals surface area contributed by atoms with Gasteiger partial charge in [-0.15, -0.1) is 33.3 Å². The van der Waals surface area contributed by atoms with Crippen LogP contribution in [0.3, 0.4) is 0 Å². The third-order valence-corrected chi connectivity index (χ3v) is 5.57. The molecule has 3 nitrogen and oxygen atoms in total. The van der Waals surface area contributed by atoms with Gasteiger partial charge in [-0.25, -0.2) is 0 Å². The summed E-state index contributed by atoms with van der Waals surface area (Å²) in [4.78, 5) is 1.40. The summed E-state index contributed by atoms with van der Waals surface area (Å²) in [5.74, 6) is 0. The zero-order valence-electron chi connectivity index (χ0n) is 10.2. The highest BCUT2D eigenvalue weighted by atomic mass is 32.2. The van der Waals surface area contributed by atoms with Gasteiger partial charge in [0.2, 0.25) is 0 Å². The van der Waals surface area contributed by atoms with E-state index in [-0.39, 0.29) is 0 Å². The summed E-state index contributed by atoms with van der Waals surface area (Å²) in [5, 5.41) is 14.5. The summed E-state index contributed by atoms with van der Waals surface area (Å²) in [6.45, 7) is 0.965. The van der Waals surface area contributed by atoms with Crippen LogP contribution in [0.5, 0.6) is 0 Å². The first kappa shape index (κ1) is 12.1. The molecule has 0 spiro atoms. The second-order valence-corrected chi connectivity index (χ2v) is 6.64. The lowest BCUT2D eigenvalue weighted by Gasteiger charge is -2.01. The zero-order chi connectivity index (χ0) is 12.4. The number of aromatic nitrogens is 2. The molecule has 1 aromatic carbocycles. The lowest BCUT2D eigenvalue weighted by Crippen LogP contribution is -2.09. The molecule has 0 radical (unpaired) electrons. The van der Waals surface area contributed by atoms with E-state index in [0.29, 0.717) is 5.25 Å². The van der Waals surface area contributed by atoms with E-state index in [4.69, 9.17) is 0 Å². The average molecular weight is 277 g/mol. The maximum Gasteiger partial charge on any atom is 0.131 e. The minimum Gasteiger partial charge on any atom is -0.319 e. The molecule has 0 amide bonds. The van der Waals surface area contributed by atoms with Gasteiger partial charge in [0.15, 0.2) is 0 Å². The number of likely N-dealkylation sites (N-methyl/N-ethyl adjacent to an activating group) is 1. The molecule has 18 heavy (non-hydrogen) atoms. The fraction of sp³-hybridized carbons (Fsp3) is 0.385. The van der Waals surface area contributed by atoms with Crippen LogP contribution in [0.25, 0.3) is 0 Å². The number of rotatable bonds is 4. The molecule has 0 saturated carbocycles. The third-order valence-electron chi connectivity index (χ3n) is 2.99. The summed E-state index contributed by atoms with van der Waals surface area (Å²) < 4.78 is 0. The smallest absolute Gasteiger partial charge is 0.131 e. The highest BCUT2D eigenvalue weighted by Crippen LogP contribution is 2.46. The Labute approximate surface area is 115 Å². The highest BCUT2D eigenvalue weighted by Gasteiger charge is 2.26. The molecule has 1 aliphatic rings. The van der Waals surface area contributed by atoms with Gasteiger partial charge in [-0.3, -0.25) is 0 Å². The zero-order valence-corrected chi connectivity index (χ0v) is 11.9. The first-order valence-electron chi connectivity index (χ1n) is 6.08. The van der Waals surface area contributed by atoms with E-state index in [9.17, 15) is 0 Å². The molecule has 0 saturated heterocycles. The Morgan fingerprint density at radius 2 is 2.22 bits per heavy atom. The Hall–Kier alpha value is -0.910. The quantitative estimate of drug-likeness (QED) is 0.932. The maximum absolute atomic E-state index is 4.35. The van der Waals surface area contributed by atoms with Crippen molar-refractivity contribution in [2.24, 2.45) is 0 Å². The Balaban J connectivity index is 1.72. The van der Waals surface area contributed by atoms with Gasteiger partial charge in [-0.1, -0.05) is 18.2 Å². The summed E-state index contributed by atoms with van der Waals surface area (Å²) in [6.07, 6.45) is 2.06. The van der Waals surface area contributed by atoms with E-state index in [1.165, 1.54) is 15.5 Å². The first-order chi connectivity index (χ1) is 8.86. The highest BCUT2D eigenvalue weighted by molar-refractivity contribution is 8.00. The van der Waals surface area contributed by atoms with Gasteiger partial charge in [-0.2, -0.15) is 0 Å². The van der Waals surface area contributed by atoms with Crippen LogP contribution in [0.15, 0.2) is 29.2 Å². The van der Waals surface area contributed by atoms with E-state index < -0.39 is 0 Å². The lowest BCUT2D eigenvalue weighted by molar-refractivity contribution is 0.776. The number of hydrogen-bond acceptors (Lipinski definition) is 5. The van der Waals surface area contributed by atoms with Crippen LogP contribution in [0.1, 0.15) is 20.8 Å². The minimum atomic E-state index is 0.461. The van der Waals surface area contributed by atoms with E-state index in [1.807, 2.05) is 18.8 Å². The molecule has 1 N–H and O–H groups in total. The average Bonchev–Trinajstić information content (AvgIpc) is 3.02. The number of benzene rings is 1. The SMILES string of the molecule is CNCCc1nnc(C2Cc3ccccc3S2)s1. The molecule has 1 aromatic heterocycles. The standard InChI is InChI=1S/C13H15N3S2/c1-14-7-6-12-15-16-13(18-12)11-8-9-4-2-3-5-10(9)17-11/h2-5,11,14H,6-8H2,1H3. The molecule has 1 unspecified atom stereocenters. The van der Waals surface area contributed by atoms with Crippen molar-refractivity contribution in [1.29, 1.82) is 0 Å². The second-order valence-electron chi connectivity index (χ2n) is 4.31. The molecule has 2 aromatic rings. The molecule has 5 heteroatoms. The van der Waals surface area contributed by atoms with Crippen molar-refractivity contribution in [3.8, 4) is 0 Å². The Kier molecular flexibility index (Phi) is 3.63. The number of thioether (sulfide) groups is 1. The van der Waals surface area contributed by atoms with Gasteiger partial charge in [-0.05, 0) is 25.1 Å². The number of hydrogen-bond donors (Lipinski definition) is 1. The molecule has 94 valence electrons. The van der Waals surface area contributed by atoms with Gasteiger partial charge in [0.25, 0.3) is 0 Å². The fourth-order valence-electron chi connectivity index (χ4n) is 2.05. The van der Waals surface area contributed by atoms with Gasteiger partial charge < -0.3 is 5.32 Å². The van der Waals surface area contributed by atoms with Crippen LogP contribution in [-0.2, 0) is 12.8 Å². The first-order valence-corrected chi connectivity index (χ1v) is 7.78. The molecule has 0 fully saturated rings. The third kappa shape index (κ3) is 2.43.